The number of rotatable bonds is 4. The zero-order valence-electron chi connectivity index (χ0n) is 15.3. The number of thiazole rings is 1. The fourth-order valence-electron chi connectivity index (χ4n) is 3.16. The summed E-state index contributed by atoms with van der Waals surface area (Å²) in [5.41, 5.74) is 2.21. The molecule has 0 saturated heterocycles. The molecule has 140 valence electrons. The zero-order valence-corrected chi connectivity index (χ0v) is 16.1. The molecule has 3 aromatic carbocycles. The Hall–Kier alpha value is -3.77. The Labute approximate surface area is 171 Å². The second kappa shape index (κ2) is 7.33. The lowest BCUT2D eigenvalue weighted by Crippen LogP contribution is -2.11. The lowest BCUT2D eigenvalue weighted by Gasteiger charge is -2.05. The van der Waals surface area contributed by atoms with Crippen molar-refractivity contribution in [3.63, 3.8) is 0 Å². The Bertz CT molecular complexity index is 1330. The molecule has 0 aliphatic carbocycles. The van der Waals surface area contributed by atoms with Gasteiger partial charge in [0.15, 0.2) is 5.13 Å². The Balaban J connectivity index is 1.43. The van der Waals surface area contributed by atoms with Crippen LogP contribution < -0.4 is 10.6 Å². The molecule has 0 spiro atoms. The first-order valence-electron chi connectivity index (χ1n) is 9.14. The van der Waals surface area contributed by atoms with Gasteiger partial charge in [0.1, 0.15) is 5.82 Å². The highest BCUT2D eigenvalue weighted by Crippen LogP contribution is 2.31. The van der Waals surface area contributed by atoms with Gasteiger partial charge in [0.2, 0.25) is 0 Å². The molecule has 5 rings (SSSR count). The van der Waals surface area contributed by atoms with Crippen molar-refractivity contribution in [3.05, 3.63) is 90.6 Å². The van der Waals surface area contributed by atoms with E-state index in [1.165, 1.54) is 11.3 Å². The number of benzene rings is 3. The predicted molar refractivity (Wildman–Crippen MR) is 119 cm³/mol. The van der Waals surface area contributed by atoms with Gasteiger partial charge in [-0.3, -0.25) is 4.79 Å². The molecule has 5 nitrogen and oxygen atoms in total. The van der Waals surface area contributed by atoms with E-state index >= 15 is 0 Å². The lowest BCUT2D eigenvalue weighted by molar-refractivity contribution is 0.102. The van der Waals surface area contributed by atoms with Crippen LogP contribution >= 0.6 is 11.3 Å². The Morgan fingerprint density at radius 2 is 1.72 bits per heavy atom. The van der Waals surface area contributed by atoms with Gasteiger partial charge in [0.05, 0.1) is 10.2 Å². The maximum absolute atomic E-state index is 12.5. The minimum atomic E-state index is -0.142. The van der Waals surface area contributed by atoms with Crippen molar-refractivity contribution in [2.45, 2.75) is 0 Å². The van der Waals surface area contributed by atoms with E-state index in [-0.39, 0.29) is 5.91 Å². The topological polar surface area (TPSA) is 66.9 Å². The van der Waals surface area contributed by atoms with Crippen LogP contribution in [0.5, 0.6) is 0 Å². The van der Waals surface area contributed by atoms with Crippen molar-refractivity contribution >= 4 is 54.9 Å². The standard InChI is InChI=1S/C23H16N4OS/c28-22(25-17-7-2-1-3-8-17)16-10-11-19-20(14-16)29-23(26-19)27-21-18-9-5-4-6-15(18)12-13-24-21/h1-14H,(H,25,28)(H,24,26,27). The summed E-state index contributed by atoms with van der Waals surface area (Å²) in [6.07, 6.45) is 1.78. The van der Waals surface area contributed by atoms with E-state index in [1.54, 1.807) is 12.3 Å². The fourth-order valence-corrected chi connectivity index (χ4v) is 4.07. The Morgan fingerprint density at radius 1 is 0.897 bits per heavy atom. The summed E-state index contributed by atoms with van der Waals surface area (Å²) in [4.78, 5) is 21.6. The van der Waals surface area contributed by atoms with Crippen molar-refractivity contribution in [1.82, 2.24) is 9.97 Å². The molecule has 2 aromatic heterocycles. The first kappa shape index (κ1) is 17.3. The molecule has 2 heterocycles. The third-order valence-corrected chi connectivity index (χ3v) is 5.51. The summed E-state index contributed by atoms with van der Waals surface area (Å²) in [5.74, 6) is 0.626. The molecule has 0 radical (unpaired) electrons. The fraction of sp³-hybridized carbons (Fsp3) is 0. The summed E-state index contributed by atoms with van der Waals surface area (Å²) >= 11 is 1.50. The highest BCUT2D eigenvalue weighted by Gasteiger charge is 2.11. The van der Waals surface area contributed by atoms with Crippen molar-refractivity contribution in [2.24, 2.45) is 0 Å². The van der Waals surface area contributed by atoms with Crippen molar-refractivity contribution in [2.75, 3.05) is 10.6 Å². The van der Waals surface area contributed by atoms with E-state index in [0.29, 0.717) is 5.56 Å². The van der Waals surface area contributed by atoms with Gasteiger partial charge in [0, 0.05) is 22.8 Å². The summed E-state index contributed by atoms with van der Waals surface area (Å²) in [7, 11) is 0. The lowest BCUT2D eigenvalue weighted by atomic mass is 10.1. The van der Waals surface area contributed by atoms with E-state index in [2.05, 4.69) is 26.7 Å². The number of amides is 1. The number of carbonyl (C=O) groups is 1. The third-order valence-electron chi connectivity index (χ3n) is 4.58. The van der Waals surface area contributed by atoms with E-state index in [4.69, 9.17) is 0 Å². The molecule has 0 unspecified atom stereocenters. The minimum Gasteiger partial charge on any atom is -0.322 e. The van der Waals surface area contributed by atoms with Crippen LogP contribution in [-0.2, 0) is 0 Å². The van der Waals surface area contributed by atoms with Crippen LogP contribution in [0.1, 0.15) is 10.4 Å². The number of para-hydroxylation sites is 1. The van der Waals surface area contributed by atoms with Gasteiger partial charge in [-0.05, 0) is 41.8 Å². The van der Waals surface area contributed by atoms with Crippen LogP contribution in [0.2, 0.25) is 0 Å². The number of hydrogen-bond acceptors (Lipinski definition) is 5. The summed E-state index contributed by atoms with van der Waals surface area (Å²) in [6.45, 7) is 0. The molecule has 29 heavy (non-hydrogen) atoms. The van der Waals surface area contributed by atoms with E-state index in [1.807, 2.05) is 66.7 Å². The monoisotopic (exact) mass is 396 g/mol. The maximum atomic E-state index is 12.5. The number of carbonyl (C=O) groups excluding carboxylic acids is 1. The molecule has 0 bridgehead atoms. The molecule has 0 aliphatic heterocycles. The third kappa shape index (κ3) is 3.53. The van der Waals surface area contributed by atoms with Crippen molar-refractivity contribution in [1.29, 1.82) is 0 Å². The zero-order chi connectivity index (χ0) is 19.6. The second-order valence-electron chi connectivity index (χ2n) is 6.53. The highest BCUT2D eigenvalue weighted by molar-refractivity contribution is 7.22. The van der Waals surface area contributed by atoms with E-state index in [0.717, 1.165) is 37.6 Å². The number of aromatic nitrogens is 2. The van der Waals surface area contributed by atoms with Gasteiger partial charge in [-0.15, -0.1) is 0 Å². The van der Waals surface area contributed by atoms with Crippen LogP contribution in [0.3, 0.4) is 0 Å². The Kier molecular flexibility index (Phi) is 4.38. The van der Waals surface area contributed by atoms with Gasteiger partial charge in [0.25, 0.3) is 5.91 Å². The molecule has 0 aliphatic rings. The van der Waals surface area contributed by atoms with E-state index < -0.39 is 0 Å². The van der Waals surface area contributed by atoms with Gasteiger partial charge in [-0.1, -0.05) is 53.8 Å². The average molecular weight is 396 g/mol. The maximum Gasteiger partial charge on any atom is 0.255 e. The molecular formula is C23H16N4OS. The molecular weight excluding hydrogens is 380 g/mol. The number of pyridine rings is 1. The van der Waals surface area contributed by atoms with Gasteiger partial charge < -0.3 is 10.6 Å². The first-order chi connectivity index (χ1) is 14.3. The SMILES string of the molecule is O=C(Nc1ccccc1)c1ccc2nc(Nc3nccc4ccccc34)sc2c1. The first-order valence-corrected chi connectivity index (χ1v) is 9.96. The highest BCUT2D eigenvalue weighted by atomic mass is 32.1. The largest absolute Gasteiger partial charge is 0.322 e. The molecule has 5 aromatic rings. The second-order valence-corrected chi connectivity index (χ2v) is 7.56. The van der Waals surface area contributed by atoms with Gasteiger partial charge in [-0.25, -0.2) is 9.97 Å². The molecule has 2 N–H and O–H groups in total. The number of nitrogens with one attached hydrogen (secondary N) is 2. The summed E-state index contributed by atoms with van der Waals surface area (Å²) < 4.78 is 0.938. The summed E-state index contributed by atoms with van der Waals surface area (Å²) in [5, 5.41) is 9.13. The molecule has 6 heteroatoms. The number of hydrogen-bond donors (Lipinski definition) is 2. The smallest absolute Gasteiger partial charge is 0.255 e. The Morgan fingerprint density at radius 3 is 2.62 bits per heavy atom. The average Bonchev–Trinajstić information content (AvgIpc) is 3.16. The van der Waals surface area contributed by atoms with Crippen LogP contribution in [0, 0.1) is 0 Å². The van der Waals surface area contributed by atoms with Crippen LogP contribution in [0.15, 0.2) is 85.1 Å². The minimum absolute atomic E-state index is 0.142. The number of nitrogens with zero attached hydrogens (tertiary/aromatic N) is 2. The van der Waals surface area contributed by atoms with Crippen molar-refractivity contribution in [3.8, 4) is 0 Å². The van der Waals surface area contributed by atoms with Crippen LogP contribution in [-0.4, -0.2) is 15.9 Å². The number of anilines is 3. The molecule has 0 saturated carbocycles. The molecule has 0 atom stereocenters. The predicted octanol–water partition coefficient (Wildman–Crippen LogP) is 5.84. The van der Waals surface area contributed by atoms with Gasteiger partial charge in [-0.2, -0.15) is 0 Å². The van der Waals surface area contributed by atoms with E-state index in [9.17, 15) is 4.79 Å². The van der Waals surface area contributed by atoms with Crippen molar-refractivity contribution < 1.29 is 4.79 Å². The van der Waals surface area contributed by atoms with Crippen LogP contribution in [0.4, 0.5) is 16.6 Å². The quantitative estimate of drug-likeness (QED) is 0.400. The molecule has 0 fully saturated rings. The number of fused-ring (bicyclic) bond motifs is 2. The summed E-state index contributed by atoms with van der Waals surface area (Å²) in [6, 6.07) is 25.0. The van der Waals surface area contributed by atoms with Crippen LogP contribution in [0.25, 0.3) is 21.0 Å². The van der Waals surface area contributed by atoms with Gasteiger partial charge >= 0.3 is 0 Å². The normalized spacial score (nSPS) is 10.9. The molecule has 1 amide bonds.